The van der Waals surface area contributed by atoms with E-state index < -0.39 is 0 Å². The second-order valence-corrected chi connectivity index (χ2v) is 9.07. The number of hydrogen-bond acceptors (Lipinski definition) is 7. The number of aromatic nitrogens is 2. The summed E-state index contributed by atoms with van der Waals surface area (Å²) >= 11 is 0. The Morgan fingerprint density at radius 1 is 1.06 bits per heavy atom. The van der Waals surface area contributed by atoms with Crippen LogP contribution in [0, 0.1) is 0 Å². The fourth-order valence-electron chi connectivity index (χ4n) is 4.73. The largest absolute Gasteiger partial charge is 0.493 e. The van der Waals surface area contributed by atoms with E-state index in [1.54, 1.807) is 7.11 Å². The van der Waals surface area contributed by atoms with Crippen LogP contribution < -0.4 is 20.1 Å². The molecule has 174 valence electrons. The third-order valence-corrected chi connectivity index (χ3v) is 6.45. The summed E-state index contributed by atoms with van der Waals surface area (Å²) in [5, 5.41) is 6.69. The minimum Gasteiger partial charge on any atom is -0.493 e. The van der Waals surface area contributed by atoms with E-state index in [4.69, 9.17) is 19.4 Å². The highest BCUT2D eigenvalue weighted by molar-refractivity contribution is 5.43. The zero-order valence-corrected chi connectivity index (χ0v) is 19.7. The number of methoxy groups -OCH3 is 1. The van der Waals surface area contributed by atoms with Gasteiger partial charge in [0, 0.05) is 32.1 Å². The molecule has 0 bridgehead atoms. The molecule has 1 saturated heterocycles. The molecule has 0 radical (unpaired) electrons. The Labute approximate surface area is 191 Å². The molecule has 1 aromatic heterocycles. The molecule has 1 unspecified atom stereocenters. The molecular formula is C25H37N5O2. The van der Waals surface area contributed by atoms with E-state index in [1.807, 2.05) is 13.1 Å². The van der Waals surface area contributed by atoms with Gasteiger partial charge in [0.25, 0.3) is 0 Å². The van der Waals surface area contributed by atoms with Crippen LogP contribution in [0.3, 0.4) is 0 Å². The van der Waals surface area contributed by atoms with Crippen LogP contribution in [0.25, 0.3) is 0 Å². The lowest BCUT2D eigenvalue weighted by Crippen LogP contribution is -2.29. The lowest BCUT2D eigenvalue weighted by atomic mass is 9.96. The predicted molar refractivity (Wildman–Crippen MR) is 127 cm³/mol. The molecule has 32 heavy (non-hydrogen) atoms. The van der Waals surface area contributed by atoms with Crippen molar-refractivity contribution in [3.63, 3.8) is 0 Å². The molecule has 1 aliphatic heterocycles. The first-order valence-electron chi connectivity index (χ1n) is 11.9. The van der Waals surface area contributed by atoms with E-state index in [0.29, 0.717) is 18.6 Å². The average molecular weight is 440 g/mol. The van der Waals surface area contributed by atoms with Gasteiger partial charge in [-0.25, -0.2) is 9.97 Å². The number of benzene rings is 1. The van der Waals surface area contributed by atoms with Crippen LogP contribution in [0.2, 0.25) is 0 Å². The van der Waals surface area contributed by atoms with Crippen LogP contribution in [0.1, 0.15) is 61.5 Å². The van der Waals surface area contributed by atoms with Gasteiger partial charge in [0.2, 0.25) is 0 Å². The van der Waals surface area contributed by atoms with Crippen LogP contribution in [-0.4, -0.2) is 55.3 Å². The average Bonchev–Trinajstić information content (AvgIpc) is 3.33. The molecule has 2 aliphatic rings. The third kappa shape index (κ3) is 5.90. The van der Waals surface area contributed by atoms with Gasteiger partial charge < -0.3 is 20.1 Å². The minimum absolute atomic E-state index is 0.322. The molecule has 7 nitrogen and oxygen atoms in total. The first kappa shape index (κ1) is 22.8. The standard InChI is InChI=1S/C25H37N5O2/c1-26-24-14-21(19-7-6-12-27-15-19)28-25(29-24)17-30(2)16-18-10-11-22(23(13-18)31-3)32-20-8-4-5-9-20/h10-11,13-14,19-20,27H,4-9,12,15-17H2,1-3H3,(H,26,28,29). The molecule has 4 rings (SSSR count). The minimum atomic E-state index is 0.322. The molecule has 7 heteroatoms. The zero-order valence-electron chi connectivity index (χ0n) is 19.7. The Morgan fingerprint density at radius 3 is 2.62 bits per heavy atom. The van der Waals surface area contributed by atoms with Crippen LogP contribution in [-0.2, 0) is 13.1 Å². The molecule has 1 saturated carbocycles. The molecule has 0 amide bonds. The number of nitrogens with one attached hydrogen (secondary N) is 2. The second-order valence-electron chi connectivity index (χ2n) is 9.07. The highest BCUT2D eigenvalue weighted by atomic mass is 16.5. The maximum Gasteiger partial charge on any atom is 0.161 e. The quantitative estimate of drug-likeness (QED) is 0.613. The third-order valence-electron chi connectivity index (χ3n) is 6.45. The number of hydrogen-bond donors (Lipinski definition) is 2. The normalized spacial score (nSPS) is 19.3. The number of ether oxygens (including phenoxy) is 2. The number of nitrogens with zero attached hydrogens (tertiary/aromatic N) is 3. The van der Waals surface area contributed by atoms with Crippen LogP contribution in [0.4, 0.5) is 5.82 Å². The van der Waals surface area contributed by atoms with E-state index in [9.17, 15) is 0 Å². The van der Waals surface area contributed by atoms with Gasteiger partial charge in [-0.1, -0.05) is 6.07 Å². The Kier molecular flexibility index (Phi) is 7.81. The van der Waals surface area contributed by atoms with E-state index in [2.05, 4.69) is 40.8 Å². The molecule has 0 spiro atoms. The van der Waals surface area contributed by atoms with Gasteiger partial charge in [-0.15, -0.1) is 0 Å². The van der Waals surface area contributed by atoms with Gasteiger partial charge >= 0.3 is 0 Å². The summed E-state index contributed by atoms with van der Waals surface area (Å²) in [6.45, 7) is 3.56. The monoisotopic (exact) mass is 439 g/mol. The Hall–Kier alpha value is -2.38. The second kappa shape index (κ2) is 11.0. The van der Waals surface area contributed by atoms with Gasteiger partial charge in [-0.2, -0.15) is 0 Å². The smallest absolute Gasteiger partial charge is 0.161 e. The van der Waals surface area contributed by atoms with Gasteiger partial charge in [-0.05, 0) is 69.8 Å². The molecular weight excluding hydrogens is 402 g/mol. The van der Waals surface area contributed by atoms with Gasteiger partial charge in [0.1, 0.15) is 11.6 Å². The summed E-state index contributed by atoms with van der Waals surface area (Å²) in [5.74, 6) is 3.86. The molecule has 1 aromatic carbocycles. The SMILES string of the molecule is CNc1cc(C2CCCNC2)nc(CN(C)Cc2ccc(OC3CCCC3)c(OC)c2)n1. The molecule has 1 aliphatic carbocycles. The van der Waals surface area contributed by atoms with Gasteiger partial charge in [0.05, 0.1) is 25.5 Å². The van der Waals surface area contributed by atoms with Crippen LogP contribution in [0.15, 0.2) is 24.3 Å². The molecule has 1 atom stereocenters. The summed E-state index contributed by atoms with van der Waals surface area (Å²) in [4.78, 5) is 11.9. The molecule has 2 N–H and O–H groups in total. The number of anilines is 1. The van der Waals surface area contributed by atoms with Crippen molar-refractivity contribution in [1.82, 2.24) is 20.2 Å². The van der Waals surface area contributed by atoms with E-state index in [1.165, 1.54) is 31.2 Å². The Morgan fingerprint density at radius 2 is 1.91 bits per heavy atom. The van der Waals surface area contributed by atoms with Crippen LogP contribution >= 0.6 is 0 Å². The van der Waals surface area contributed by atoms with Crippen molar-refractivity contribution in [3.8, 4) is 11.5 Å². The predicted octanol–water partition coefficient (Wildman–Crippen LogP) is 3.95. The van der Waals surface area contributed by atoms with E-state index in [-0.39, 0.29) is 0 Å². The fraction of sp³-hybridized carbons (Fsp3) is 0.600. The zero-order chi connectivity index (χ0) is 22.3. The fourth-order valence-corrected chi connectivity index (χ4v) is 4.73. The number of piperidine rings is 1. The van der Waals surface area contributed by atoms with Crippen molar-refractivity contribution in [2.24, 2.45) is 0 Å². The summed E-state index contributed by atoms with van der Waals surface area (Å²) in [6.07, 6.45) is 7.48. The highest BCUT2D eigenvalue weighted by Gasteiger charge is 2.20. The number of rotatable bonds is 9. The van der Waals surface area contributed by atoms with Crippen molar-refractivity contribution < 1.29 is 9.47 Å². The van der Waals surface area contributed by atoms with E-state index >= 15 is 0 Å². The lowest BCUT2D eigenvalue weighted by Gasteiger charge is -2.24. The van der Waals surface area contributed by atoms with Crippen molar-refractivity contribution in [2.45, 2.75) is 63.6 Å². The molecule has 2 heterocycles. The van der Waals surface area contributed by atoms with Crippen molar-refractivity contribution in [2.75, 3.05) is 39.6 Å². The Balaban J connectivity index is 1.42. The maximum atomic E-state index is 6.18. The van der Waals surface area contributed by atoms with E-state index in [0.717, 1.165) is 61.3 Å². The molecule has 2 fully saturated rings. The van der Waals surface area contributed by atoms with Crippen LogP contribution in [0.5, 0.6) is 11.5 Å². The topological polar surface area (TPSA) is 71.5 Å². The van der Waals surface area contributed by atoms with Gasteiger partial charge in [-0.3, -0.25) is 4.90 Å². The molecule has 2 aromatic rings. The first-order chi connectivity index (χ1) is 15.6. The maximum absolute atomic E-state index is 6.18. The summed E-state index contributed by atoms with van der Waals surface area (Å²) in [6, 6.07) is 8.36. The highest BCUT2D eigenvalue weighted by Crippen LogP contribution is 2.32. The summed E-state index contributed by atoms with van der Waals surface area (Å²) < 4.78 is 11.8. The summed E-state index contributed by atoms with van der Waals surface area (Å²) in [7, 11) is 5.73. The first-order valence-corrected chi connectivity index (χ1v) is 11.9. The lowest BCUT2D eigenvalue weighted by molar-refractivity contribution is 0.200. The van der Waals surface area contributed by atoms with Crippen molar-refractivity contribution in [1.29, 1.82) is 0 Å². The van der Waals surface area contributed by atoms with Crippen molar-refractivity contribution in [3.05, 3.63) is 41.3 Å². The summed E-state index contributed by atoms with van der Waals surface area (Å²) in [5.41, 5.74) is 2.32. The van der Waals surface area contributed by atoms with Gasteiger partial charge in [0.15, 0.2) is 11.5 Å². The van der Waals surface area contributed by atoms with Crippen molar-refractivity contribution >= 4 is 5.82 Å². The Bertz CT molecular complexity index is 879.